The predicted molar refractivity (Wildman–Crippen MR) is 102 cm³/mol. The fourth-order valence-corrected chi connectivity index (χ4v) is 3.00. The van der Waals surface area contributed by atoms with E-state index >= 15 is 0 Å². The van der Waals surface area contributed by atoms with Gasteiger partial charge in [-0.25, -0.2) is 9.97 Å². The first-order valence-electron chi connectivity index (χ1n) is 8.75. The van der Waals surface area contributed by atoms with Crippen LogP contribution in [0.15, 0.2) is 54.6 Å². The molecule has 1 unspecified atom stereocenters. The van der Waals surface area contributed by atoms with Gasteiger partial charge in [0.15, 0.2) is 0 Å². The second-order valence-electron chi connectivity index (χ2n) is 6.46. The molecule has 1 aromatic heterocycles. The average molecular weight is 462 g/mol. The number of aliphatic hydroxyl groups is 1. The molecule has 0 saturated carbocycles. The number of aromatic nitrogens is 2. The van der Waals surface area contributed by atoms with Crippen molar-refractivity contribution >= 4 is 17.4 Å². The van der Waals surface area contributed by atoms with Crippen LogP contribution in [-0.4, -0.2) is 21.6 Å². The van der Waals surface area contributed by atoms with Crippen molar-refractivity contribution in [2.75, 3.05) is 11.9 Å². The van der Waals surface area contributed by atoms with Crippen molar-refractivity contribution in [3.63, 3.8) is 0 Å². The van der Waals surface area contributed by atoms with E-state index < -0.39 is 34.9 Å². The molecule has 0 aliphatic rings. The van der Waals surface area contributed by atoms with Crippen molar-refractivity contribution in [1.29, 1.82) is 0 Å². The molecule has 0 bridgehead atoms. The van der Waals surface area contributed by atoms with Gasteiger partial charge in [0, 0.05) is 18.2 Å². The van der Waals surface area contributed by atoms with Crippen LogP contribution in [0, 0.1) is 0 Å². The minimum Gasteiger partial charge on any atom is -0.387 e. The highest BCUT2D eigenvalue weighted by Crippen LogP contribution is 2.37. The summed E-state index contributed by atoms with van der Waals surface area (Å²) in [6, 6.07) is 12.1. The van der Waals surface area contributed by atoms with Gasteiger partial charge in [0.25, 0.3) is 0 Å². The normalized spacial score (nSPS) is 13.2. The van der Waals surface area contributed by atoms with Crippen LogP contribution in [0.4, 0.5) is 32.2 Å². The number of halogens is 7. The van der Waals surface area contributed by atoms with Crippen molar-refractivity contribution in [3.8, 4) is 11.3 Å². The Morgan fingerprint density at radius 3 is 2.16 bits per heavy atom. The molecule has 0 amide bonds. The van der Waals surface area contributed by atoms with E-state index in [1.165, 1.54) is 0 Å². The van der Waals surface area contributed by atoms with Crippen LogP contribution in [-0.2, 0) is 12.4 Å². The highest BCUT2D eigenvalue weighted by molar-refractivity contribution is 6.31. The zero-order chi connectivity index (χ0) is 22.8. The summed E-state index contributed by atoms with van der Waals surface area (Å²) in [7, 11) is 0. The Bertz CT molecular complexity index is 1060. The SMILES string of the molecule is OC(CNc1cc(-c2ccc(C(F)(F)F)c(Cl)c2)nc(C(F)(F)F)n1)c1ccccc1. The van der Waals surface area contributed by atoms with Crippen LogP contribution in [0.5, 0.6) is 0 Å². The smallest absolute Gasteiger partial charge is 0.387 e. The lowest BCUT2D eigenvalue weighted by molar-refractivity contribution is -0.144. The van der Waals surface area contributed by atoms with Crippen LogP contribution in [0.25, 0.3) is 11.3 Å². The number of aliphatic hydroxyl groups excluding tert-OH is 1. The minimum atomic E-state index is -4.90. The van der Waals surface area contributed by atoms with Gasteiger partial charge in [0.1, 0.15) is 5.82 Å². The Morgan fingerprint density at radius 2 is 1.58 bits per heavy atom. The number of nitrogens with zero attached hydrogens (tertiary/aromatic N) is 2. The fourth-order valence-electron chi connectivity index (χ4n) is 2.71. The number of hydrogen-bond donors (Lipinski definition) is 2. The predicted octanol–water partition coefficient (Wildman–Crippen LogP) is 5.98. The Morgan fingerprint density at radius 1 is 0.903 bits per heavy atom. The molecule has 3 aromatic rings. The van der Waals surface area contributed by atoms with Gasteiger partial charge in [-0.15, -0.1) is 0 Å². The number of benzene rings is 2. The zero-order valence-corrected chi connectivity index (χ0v) is 16.2. The van der Waals surface area contributed by atoms with Crippen molar-refractivity contribution in [3.05, 3.63) is 76.6 Å². The molecule has 2 N–H and O–H groups in total. The lowest BCUT2D eigenvalue weighted by Gasteiger charge is -2.15. The second kappa shape index (κ2) is 8.72. The maximum atomic E-state index is 13.3. The van der Waals surface area contributed by atoms with Gasteiger partial charge in [-0.2, -0.15) is 26.3 Å². The molecule has 4 nitrogen and oxygen atoms in total. The Labute approximate surface area is 177 Å². The molecule has 164 valence electrons. The third-order valence-electron chi connectivity index (χ3n) is 4.21. The van der Waals surface area contributed by atoms with E-state index in [1.807, 2.05) is 0 Å². The van der Waals surface area contributed by atoms with E-state index in [2.05, 4.69) is 15.3 Å². The molecule has 1 heterocycles. The number of anilines is 1. The minimum absolute atomic E-state index is 0.0578. The topological polar surface area (TPSA) is 58.0 Å². The van der Waals surface area contributed by atoms with Crippen LogP contribution < -0.4 is 5.32 Å². The molecule has 1 atom stereocenters. The van der Waals surface area contributed by atoms with Crippen LogP contribution in [0.3, 0.4) is 0 Å². The molecule has 0 radical (unpaired) electrons. The summed E-state index contributed by atoms with van der Waals surface area (Å²) in [6.07, 6.45) is -10.6. The first-order chi connectivity index (χ1) is 14.4. The molecule has 2 aromatic carbocycles. The molecule has 11 heteroatoms. The Kier molecular flexibility index (Phi) is 6.42. The van der Waals surface area contributed by atoms with Crippen molar-refractivity contribution in [1.82, 2.24) is 9.97 Å². The molecule has 0 aliphatic carbocycles. The summed E-state index contributed by atoms with van der Waals surface area (Å²) >= 11 is 5.67. The Hall–Kier alpha value is -2.85. The number of nitrogens with one attached hydrogen (secondary N) is 1. The van der Waals surface area contributed by atoms with Gasteiger partial charge in [0.05, 0.1) is 22.4 Å². The monoisotopic (exact) mass is 461 g/mol. The number of rotatable bonds is 5. The summed E-state index contributed by atoms with van der Waals surface area (Å²) in [5, 5.41) is 12.1. The summed E-state index contributed by atoms with van der Waals surface area (Å²) in [6.45, 7) is -0.161. The van der Waals surface area contributed by atoms with Crippen LogP contribution >= 0.6 is 11.6 Å². The van der Waals surface area contributed by atoms with E-state index in [9.17, 15) is 31.4 Å². The van der Waals surface area contributed by atoms with Crippen molar-refractivity contribution in [2.24, 2.45) is 0 Å². The van der Waals surface area contributed by atoms with E-state index in [-0.39, 0.29) is 23.6 Å². The summed E-state index contributed by atoms with van der Waals surface area (Å²) in [5.41, 5.74) is -0.922. The van der Waals surface area contributed by atoms with Gasteiger partial charge >= 0.3 is 12.4 Å². The third-order valence-corrected chi connectivity index (χ3v) is 4.52. The highest BCUT2D eigenvalue weighted by Gasteiger charge is 2.36. The highest BCUT2D eigenvalue weighted by atomic mass is 35.5. The van der Waals surface area contributed by atoms with Crippen LogP contribution in [0.2, 0.25) is 5.02 Å². The quantitative estimate of drug-likeness (QED) is 0.459. The van der Waals surface area contributed by atoms with Crippen molar-refractivity contribution < 1.29 is 31.4 Å². The Balaban J connectivity index is 1.93. The van der Waals surface area contributed by atoms with Gasteiger partial charge in [-0.05, 0) is 17.7 Å². The molecule has 0 saturated heterocycles. The van der Waals surface area contributed by atoms with Gasteiger partial charge in [-0.1, -0.05) is 48.0 Å². The second-order valence-corrected chi connectivity index (χ2v) is 6.87. The fraction of sp³-hybridized carbons (Fsp3) is 0.200. The standard InChI is InChI=1S/C20H14ClF6N3O/c21-14-8-12(6-7-13(14)19(22,23)24)15-9-17(30-18(29-15)20(25,26)27)28-10-16(31)11-4-2-1-3-5-11/h1-9,16,31H,10H2,(H,28,29,30). The average Bonchev–Trinajstić information content (AvgIpc) is 2.70. The molecule has 31 heavy (non-hydrogen) atoms. The first-order valence-corrected chi connectivity index (χ1v) is 9.13. The first kappa shape index (κ1) is 22.8. The lowest BCUT2D eigenvalue weighted by Crippen LogP contribution is -2.17. The molecule has 0 spiro atoms. The van der Waals surface area contributed by atoms with Crippen LogP contribution in [0.1, 0.15) is 23.1 Å². The molecular weight excluding hydrogens is 448 g/mol. The van der Waals surface area contributed by atoms with Crippen molar-refractivity contribution in [2.45, 2.75) is 18.5 Å². The summed E-state index contributed by atoms with van der Waals surface area (Å²) in [4.78, 5) is 6.82. The molecule has 0 fully saturated rings. The third kappa shape index (κ3) is 5.65. The van der Waals surface area contributed by atoms with Gasteiger partial charge in [0.2, 0.25) is 5.82 Å². The molecule has 3 rings (SSSR count). The maximum Gasteiger partial charge on any atom is 0.451 e. The molecule has 0 aliphatic heterocycles. The maximum absolute atomic E-state index is 13.3. The number of alkyl halides is 6. The van der Waals surface area contributed by atoms with Gasteiger partial charge < -0.3 is 10.4 Å². The molecular formula is C20H14ClF6N3O. The van der Waals surface area contributed by atoms with E-state index in [4.69, 9.17) is 11.6 Å². The van der Waals surface area contributed by atoms with Gasteiger partial charge in [-0.3, -0.25) is 0 Å². The largest absolute Gasteiger partial charge is 0.451 e. The van der Waals surface area contributed by atoms with E-state index in [0.29, 0.717) is 11.6 Å². The zero-order valence-electron chi connectivity index (χ0n) is 15.5. The lowest BCUT2D eigenvalue weighted by atomic mass is 10.1. The van der Waals surface area contributed by atoms with E-state index in [1.54, 1.807) is 30.3 Å². The summed E-state index contributed by atoms with van der Waals surface area (Å²) < 4.78 is 78.4. The summed E-state index contributed by atoms with van der Waals surface area (Å²) in [5.74, 6) is -1.75. The number of hydrogen-bond acceptors (Lipinski definition) is 4. The van der Waals surface area contributed by atoms with E-state index in [0.717, 1.165) is 18.2 Å².